The molecule has 3 aromatic carbocycles. The summed E-state index contributed by atoms with van der Waals surface area (Å²) in [5.41, 5.74) is 2.94. The predicted octanol–water partition coefficient (Wildman–Crippen LogP) is 4.37. The Balaban J connectivity index is 1.33. The van der Waals surface area contributed by atoms with Gasteiger partial charge in [0.2, 0.25) is 5.91 Å². The average Bonchev–Trinajstić information content (AvgIpc) is 3.27. The van der Waals surface area contributed by atoms with E-state index in [2.05, 4.69) is 10.3 Å². The zero-order valence-electron chi connectivity index (χ0n) is 18.5. The fourth-order valence-corrected chi connectivity index (χ4v) is 4.90. The van der Waals surface area contributed by atoms with Crippen LogP contribution < -0.4 is 20.3 Å². The zero-order valence-corrected chi connectivity index (χ0v) is 19.3. The van der Waals surface area contributed by atoms with Crippen LogP contribution in [0.1, 0.15) is 0 Å². The second-order valence-electron chi connectivity index (χ2n) is 7.96. The van der Waals surface area contributed by atoms with E-state index >= 15 is 0 Å². The summed E-state index contributed by atoms with van der Waals surface area (Å²) < 4.78 is 12.7. The SMILES string of the molecule is O=C(CSc1nc2c([nH]c3ccccc32)c(=O)n1-c1ccccc1)Nc1ccc2c(c1)OCCO2. The Kier molecular flexibility index (Phi) is 5.38. The number of benzene rings is 3. The Hall–Kier alpha value is -4.24. The summed E-state index contributed by atoms with van der Waals surface area (Å²) in [6.45, 7) is 0.978. The lowest BCUT2D eigenvalue weighted by molar-refractivity contribution is -0.113. The number of hydrogen-bond acceptors (Lipinski definition) is 6. The summed E-state index contributed by atoms with van der Waals surface area (Å²) in [5, 5.41) is 4.19. The summed E-state index contributed by atoms with van der Waals surface area (Å²) in [4.78, 5) is 34.3. The Labute approximate surface area is 203 Å². The predicted molar refractivity (Wildman–Crippen MR) is 136 cm³/mol. The molecule has 0 unspecified atom stereocenters. The number of para-hydroxylation sites is 2. The lowest BCUT2D eigenvalue weighted by Gasteiger charge is -2.19. The molecular formula is C26H20N4O4S. The van der Waals surface area contributed by atoms with Crippen molar-refractivity contribution in [3.8, 4) is 17.2 Å². The van der Waals surface area contributed by atoms with Gasteiger partial charge in [0.1, 0.15) is 24.2 Å². The summed E-state index contributed by atoms with van der Waals surface area (Å²) in [6.07, 6.45) is 0. The molecular weight excluding hydrogens is 464 g/mol. The van der Waals surface area contributed by atoms with Crippen LogP contribution in [0.25, 0.3) is 27.6 Å². The molecule has 0 bridgehead atoms. The number of fused-ring (bicyclic) bond motifs is 4. The van der Waals surface area contributed by atoms with Gasteiger partial charge in [0.05, 0.1) is 11.4 Å². The van der Waals surface area contributed by atoms with Crippen LogP contribution in [0.15, 0.2) is 82.7 Å². The third-order valence-electron chi connectivity index (χ3n) is 5.67. The third-order valence-corrected chi connectivity index (χ3v) is 6.61. The lowest BCUT2D eigenvalue weighted by Crippen LogP contribution is -2.23. The van der Waals surface area contributed by atoms with Crippen molar-refractivity contribution in [2.75, 3.05) is 24.3 Å². The minimum Gasteiger partial charge on any atom is -0.486 e. The van der Waals surface area contributed by atoms with Crippen LogP contribution in [-0.2, 0) is 4.79 Å². The van der Waals surface area contributed by atoms with Crippen molar-refractivity contribution in [1.82, 2.24) is 14.5 Å². The molecule has 1 aliphatic rings. The van der Waals surface area contributed by atoms with E-state index in [0.717, 1.165) is 10.9 Å². The van der Waals surface area contributed by atoms with Gasteiger partial charge in [-0.25, -0.2) is 4.98 Å². The van der Waals surface area contributed by atoms with Crippen molar-refractivity contribution < 1.29 is 14.3 Å². The molecule has 1 amide bonds. The Bertz CT molecular complexity index is 1630. The highest BCUT2D eigenvalue weighted by Crippen LogP contribution is 2.33. The summed E-state index contributed by atoms with van der Waals surface area (Å²) in [7, 11) is 0. The fraction of sp³-hybridized carbons (Fsp3) is 0.115. The number of rotatable bonds is 5. The molecule has 5 aromatic rings. The number of ether oxygens (including phenoxy) is 2. The molecule has 3 heterocycles. The molecule has 35 heavy (non-hydrogen) atoms. The number of carbonyl (C=O) groups excluding carboxylic acids is 1. The molecule has 0 saturated carbocycles. The molecule has 2 N–H and O–H groups in total. The van der Waals surface area contributed by atoms with Gasteiger partial charge in [-0.2, -0.15) is 0 Å². The minimum absolute atomic E-state index is 0.0710. The summed E-state index contributed by atoms with van der Waals surface area (Å²) >= 11 is 1.21. The van der Waals surface area contributed by atoms with Crippen LogP contribution in [0.3, 0.4) is 0 Å². The van der Waals surface area contributed by atoms with Gasteiger partial charge in [-0.1, -0.05) is 48.2 Å². The Morgan fingerprint density at radius 1 is 1.00 bits per heavy atom. The quantitative estimate of drug-likeness (QED) is 0.284. The van der Waals surface area contributed by atoms with Crippen molar-refractivity contribution in [2.24, 2.45) is 0 Å². The first-order valence-electron chi connectivity index (χ1n) is 11.1. The minimum atomic E-state index is -0.223. The summed E-state index contributed by atoms with van der Waals surface area (Å²) in [5.74, 6) is 1.11. The van der Waals surface area contributed by atoms with Crippen LogP contribution in [0.5, 0.6) is 11.5 Å². The van der Waals surface area contributed by atoms with Gasteiger partial charge in [-0.15, -0.1) is 0 Å². The van der Waals surface area contributed by atoms with Crippen molar-refractivity contribution >= 4 is 45.3 Å². The number of nitrogens with one attached hydrogen (secondary N) is 2. The monoisotopic (exact) mass is 484 g/mol. The second kappa shape index (κ2) is 8.84. The number of H-pyrrole nitrogens is 1. The molecule has 6 rings (SSSR count). The molecule has 2 aromatic heterocycles. The molecule has 0 aliphatic carbocycles. The molecule has 0 saturated heterocycles. The van der Waals surface area contributed by atoms with E-state index in [-0.39, 0.29) is 17.2 Å². The van der Waals surface area contributed by atoms with Crippen molar-refractivity contribution in [3.63, 3.8) is 0 Å². The van der Waals surface area contributed by atoms with Crippen molar-refractivity contribution in [3.05, 3.63) is 83.2 Å². The highest BCUT2D eigenvalue weighted by Gasteiger charge is 2.18. The maximum Gasteiger partial charge on any atom is 0.283 e. The zero-order chi connectivity index (χ0) is 23.8. The van der Waals surface area contributed by atoms with E-state index in [1.54, 1.807) is 22.8 Å². The number of aromatic nitrogens is 3. The molecule has 0 spiro atoms. The van der Waals surface area contributed by atoms with Crippen LogP contribution in [0, 0.1) is 0 Å². The smallest absolute Gasteiger partial charge is 0.283 e. The van der Waals surface area contributed by atoms with Gasteiger partial charge < -0.3 is 19.8 Å². The van der Waals surface area contributed by atoms with E-state index in [9.17, 15) is 9.59 Å². The number of amides is 1. The first-order chi connectivity index (χ1) is 17.2. The Morgan fingerprint density at radius 2 is 1.77 bits per heavy atom. The number of nitrogens with zero attached hydrogens (tertiary/aromatic N) is 2. The number of thioether (sulfide) groups is 1. The van der Waals surface area contributed by atoms with Gasteiger partial charge in [0.25, 0.3) is 5.56 Å². The van der Waals surface area contributed by atoms with Gasteiger partial charge >= 0.3 is 0 Å². The topological polar surface area (TPSA) is 98.2 Å². The standard InChI is InChI=1S/C26H20N4O4S/c31-22(27-16-10-11-20-21(14-16)34-13-12-33-20)15-35-26-29-23-18-8-4-5-9-19(18)28-24(23)25(32)30(26)17-6-2-1-3-7-17/h1-11,14,28H,12-13,15H2,(H,27,31). The number of anilines is 1. The maximum absolute atomic E-state index is 13.5. The van der Waals surface area contributed by atoms with Crippen LogP contribution in [0.4, 0.5) is 5.69 Å². The maximum atomic E-state index is 13.5. The molecule has 0 fully saturated rings. The molecule has 9 heteroatoms. The highest BCUT2D eigenvalue weighted by atomic mass is 32.2. The van der Waals surface area contributed by atoms with Crippen LogP contribution in [-0.4, -0.2) is 39.4 Å². The number of carbonyl (C=O) groups is 1. The van der Waals surface area contributed by atoms with E-state index in [1.807, 2.05) is 54.6 Å². The van der Waals surface area contributed by atoms with Gasteiger partial charge in [-0.05, 0) is 30.3 Å². The van der Waals surface area contributed by atoms with Crippen LogP contribution in [0.2, 0.25) is 0 Å². The first kappa shape index (κ1) is 21.3. The third kappa shape index (κ3) is 4.00. The normalized spacial score (nSPS) is 12.7. The molecule has 0 atom stereocenters. The van der Waals surface area contributed by atoms with E-state index in [0.29, 0.717) is 52.3 Å². The van der Waals surface area contributed by atoms with Crippen molar-refractivity contribution in [2.45, 2.75) is 5.16 Å². The van der Waals surface area contributed by atoms with E-state index in [4.69, 9.17) is 14.5 Å². The average molecular weight is 485 g/mol. The molecule has 8 nitrogen and oxygen atoms in total. The van der Waals surface area contributed by atoms with E-state index in [1.165, 1.54) is 11.8 Å². The second-order valence-corrected chi connectivity index (χ2v) is 8.90. The fourth-order valence-electron chi connectivity index (χ4n) is 4.09. The van der Waals surface area contributed by atoms with Gasteiger partial charge in [-0.3, -0.25) is 14.2 Å². The van der Waals surface area contributed by atoms with E-state index < -0.39 is 0 Å². The number of aromatic amines is 1. The largest absolute Gasteiger partial charge is 0.486 e. The Morgan fingerprint density at radius 3 is 2.63 bits per heavy atom. The molecule has 174 valence electrons. The first-order valence-corrected chi connectivity index (χ1v) is 12.1. The van der Waals surface area contributed by atoms with Gasteiger partial charge in [0, 0.05) is 22.7 Å². The lowest BCUT2D eigenvalue weighted by atomic mass is 10.2. The molecule has 0 radical (unpaired) electrons. The number of hydrogen-bond donors (Lipinski definition) is 2. The molecule has 1 aliphatic heterocycles. The summed E-state index contributed by atoms with van der Waals surface area (Å²) in [6, 6.07) is 22.2. The van der Waals surface area contributed by atoms with Crippen LogP contribution >= 0.6 is 11.8 Å². The highest BCUT2D eigenvalue weighted by molar-refractivity contribution is 7.99. The van der Waals surface area contributed by atoms with Crippen molar-refractivity contribution in [1.29, 1.82) is 0 Å². The van der Waals surface area contributed by atoms with Gasteiger partial charge in [0.15, 0.2) is 16.7 Å².